The van der Waals surface area contributed by atoms with Crippen molar-refractivity contribution >= 4 is 23.5 Å². The average Bonchev–Trinajstić information content (AvgIpc) is 3.07. The average molecular weight is 301 g/mol. The lowest BCUT2D eigenvalue weighted by atomic mass is 9.78. The molecular weight excluding hydrogens is 286 g/mol. The highest BCUT2D eigenvalue weighted by atomic mass is 16.4. The fraction of sp³-hybridized carbons (Fsp3) is 0.438. The predicted octanol–water partition coefficient (Wildman–Crippen LogP) is -0.599. The summed E-state index contributed by atoms with van der Waals surface area (Å²) in [5.74, 6) is -4.15. The van der Waals surface area contributed by atoms with E-state index < -0.39 is 23.8 Å². The van der Waals surface area contributed by atoms with E-state index in [9.17, 15) is 24.6 Å². The van der Waals surface area contributed by atoms with Gasteiger partial charge in [-0.15, -0.1) is 0 Å². The van der Waals surface area contributed by atoms with Gasteiger partial charge in [0.1, 0.15) is 0 Å². The van der Waals surface area contributed by atoms with E-state index in [1.54, 1.807) is 6.07 Å². The number of carboxylic acids is 2. The first kappa shape index (κ1) is 14.6. The van der Waals surface area contributed by atoms with Crippen LogP contribution in [0.1, 0.15) is 29.6 Å². The minimum absolute atomic E-state index is 0.0142. The van der Waals surface area contributed by atoms with E-state index in [0.29, 0.717) is 5.69 Å². The highest BCUT2D eigenvalue weighted by molar-refractivity contribution is 5.97. The molecule has 2 bridgehead atoms. The maximum atomic E-state index is 12.4. The molecule has 0 radical (unpaired) electrons. The quantitative estimate of drug-likeness (QED) is 0.798. The first-order valence-corrected chi connectivity index (χ1v) is 7.30. The van der Waals surface area contributed by atoms with Crippen LogP contribution in [-0.4, -0.2) is 17.8 Å². The third-order valence-electron chi connectivity index (χ3n) is 4.86. The second kappa shape index (κ2) is 5.44. The fourth-order valence-electron chi connectivity index (χ4n) is 3.96. The zero-order valence-electron chi connectivity index (χ0n) is 11.8. The predicted molar refractivity (Wildman–Crippen MR) is 72.2 cm³/mol. The van der Waals surface area contributed by atoms with Gasteiger partial charge in [-0.1, -0.05) is 12.1 Å². The summed E-state index contributed by atoms with van der Waals surface area (Å²) in [5, 5.41) is 24.8. The molecule has 2 aliphatic carbocycles. The van der Waals surface area contributed by atoms with E-state index in [0.717, 1.165) is 19.3 Å². The van der Waals surface area contributed by atoms with E-state index in [1.165, 1.54) is 18.2 Å². The fourth-order valence-corrected chi connectivity index (χ4v) is 3.96. The number of hydrogen-bond donors (Lipinski definition) is 1. The van der Waals surface area contributed by atoms with Gasteiger partial charge in [0.15, 0.2) is 0 Å². The maximum absolute atomic E-state index is 12.4. The van der Waals surface area contributed by atoms with E-state index in [-0.39, 0.29) is 23.3 Å². The number of benzene rings is 1. The van der Waals surface area contributed by atoms with Crippen LogP contribution in [0.3, 0.4) is 0 Å². The maximum Gasteiger partial charge on any atom is 0.228 e. The Bertz CT molecular complexity index is 641. The molecule has 0 aliphatic heterocycles. The first-order valence-electron chi connectivity index (χ1n) is 7.30. The van der Waals surface area contributed by atoms with Gasteiger partial charge in [-0.05, 0) is 48.8 Å². The van der Waals surface area contributed by atoms with Crippen LogP contribution in [0.2, 0.25) is 0 Å². The molecule has 6 heteroatoms. The van der Waals surface area contributed by atoms with E-state index in [4.69, 9.17) is 0 Å². The normalized spacial score (nSPS) is 29.3. The molecule has 0 spiro atoms. The van der Waals surface area contributed by atoms with E-state index in [2.05, 4.69) is 5.32 Å². The molecule has 2 aliphatic rings. The summed E-state index contributed by atoms with van der Waals surface area (Å²) in [6.07, 6.45) is 2.43. The summed E-state index contributed by atoms with van der Waals surface area (Å²) in [6.45, 7) is 0. The van der Waals surface area contributed by atoms with Gasteiger partial charge < -0.3 is 25.1 Å². The number of aromatic carboxylic acids is 1. The number of anilines is 1. The molecule has 1 N–H and O–H groups in total. The second-order valence-corrected chi connectivity index (χ2v) is 6.06. The Morgan fingerprint density at radius 2 is 1.73 bits per heavy atom. The van der Waals surface area contributed by atoms with Crippen molar-refractivity contribution in [3.63, 3.8) is 0 Å². The van der Waals surface area contributed by atoms with Gasteiger partial charge in [-0.2, -0.15) is 0 Å². The minimum atomic E-state index is -1.33. The molecule has 0 heterocycles. The van der Waals surface area contributed by atoms with Crippen molar-refractivity contribution in [2.45, 2.75) is 19.3 Å². The van der Waals surface area contributed by atoms with Gasteiger partial charge in [-0.3, -0.25) is 4.79 Å². The lowest BCUT2D eigenvalue weighted by Crippen LogP contribution is -2.43. The van der Waals surface area contributed by atoms with Gasteiger partial charge in [0.25, 0.3) is 0 Å². The Balaban J connectivity index is 1.78. The minimum Gasteiger partial charge on any atom is -0.550 e. The van der Waals surface area contributed by atoms with Crippen LogP contribution < -0.4 is 15.5 Å². The molecule has 0 unspecified atom stereocenters. The molecule has 0 saturated heterocycles. The zero-order valence-corrected chi connectivity index (χ0v) is 11.8. The highest BCUT2D eigenvalue weighted by Gasteiger charge is 2.51. The van der Waals surface area contributed by atoms with Crippen molar-refractivity contribution < 1.29 is 24.6 Å². The monoisotopic (exact) mass is 301 g/mol. The van der Waals surface area contributed by atoms with Gasteiger partial charge in [-0.25, -0.2) is 0 Å². The van der Waals surface area contributed by atoms with Crippen LogP contribution in [0.4, 0.5) is 5.69 Å². The van der Waals surface area contributed by atoms with Crippen LogP contribution in [0, 0.1) is 23.7 Å². The van der Waals surface area contributed by atoms with Crippen LogP contribution in [0.15, 0.2) is 24.3 Å². The van der Waals surface area contributed by atoms with Crippen molar-refractivity contribution in [3.05, 3.63) is 29.8 Å². The van der Waals surface area contributed by atoms with E-state index >= 15 is 0 Å². The van der Waals surface area contributed by atoms with Crippen molar-refractivity contribution in [3.8, 4) is 0 Å². The summed E-state index contributed by atoms with van der Waals surface area (Å²) in [6, 6.07) is 5.73. The third kappa shape index (κ3) is 2.45. The highest BCUT2D eigenvalue weighted by Crippen LogP contribution is 2.52. The van der Waals surface area contributed by atoms with Crippen molar-refractivity contribution in [1.29, 1.82) is 0 Å². The molecule has 1 amide bonds. The number of aliphatic carboxylic acids is 1. The van der Waals surface area contributed by atoms with Crippen molar-refractivity contribution in [1.82, 2.24) is 0 Å². The Labute approximate surface area is 127 Å². The summed E-state index contributed by atoms with van der Waals surface area (Å²) in [7, 11) is 0. The molecule has 3 rings (SSSR count). The number of carboxylic acid groups (broad SMARTS) is 2. The van der Waals surface area contributed by atoms with E-state index in [1.807, 2.05) is 0 Å². The summed E-state index contributed by atoms with van der Waals surface area (Å²) < 4.78 is 0. The molecule has 2 saturated carbocycles. The molecule has 1 aromatic carbocycles. The van der Waals surface area contributed by atoms with Crippen LogP contribution >= 0.6 is 0 Å². The smallest absolute Gasteiger partial charge is 0.228 e. The topological polar surface area (TPSA) is 109 Å². The summed E-state index contributed by atoms with van der Waals surface area (Å²) in [4.78, 5) is 34.6. The number of carbonyl (C=O) groups is 3. The number of amides is 1. The second-order valence-electron chi connectivity index (χ2n) is 6.06. The number of nitrogens with one attached hydrogen (secondary N) is 1. The van der Waals surface area contributed by atoms with Crippen molar-refractivity contribution in [2.24, 2.45) is 23.7 Å². The van der Waals surface area contributed by atoms with Crippen LogP contribution in [0.5, 0.6) is 0 Å². The van der Waals surface area contributed by atoms with Crippen molar-refractivity contribution in [2.75, 3.05) is 5.32 Å². The van der Waals surface area contributed by atoms with Crippen LogP contribution in [0.25, 0.3) is 0 Å². The number of hydrogen-bond acceptors (Lipinski definition) is 5. The van der Waals surface area contributed by atoms with Crippen LogP contribution in [-0.2, 0) is 9.59 Å². The zero-order chi connectivity index (χ0) is 15.9. The third-order valence-corrected chi connectivity index (χ3v) is 4.86. The molecule has 22 heavy (non-hydrogen) atoms. The standard InChI is InChI=1S/C16H17NO5/c18-14(17-11-3-1-2-10(7-11)15(19)20)12-8-4-5-9(6-8)13(12)16(21)22/h1-3,7-9,12-13H,4-6H2,(H,17,18)(H,19,20)(H,21,22)/p-2/t8-,9-,12-,13-/m0/s1. The summed E-state index contributed by atoms with van der Waals surface area (Å²) >= 11 is 0. The lowest BCUT2D eigenvalue weighted by molar-refractivity contribution is -0.314. The molecule has 1 aromatic rings. The number of rotatable bonds is 4. The Morgan fingerprint density at radius 3 is 2.36 bits per heavy atom. The van der Waals surface area contributed by atoms with Gasteiger partial charge in [0, 0.05) is 23.5 Å². The van der Waals surface area contributed by atoms with Gasteiger partial charge >= 0.3 is 0 Å². The molecule has 6 nitrogen and oxygen atoms in total. The first-order chi connectivity index (χ1) is 10.5. The molecule has 4 atom stereocenters. The SMILES string of the molecule is O=C([O-])c1cccc(NC(=O)[C@H]2[C@H]3CC[C@@H](C3)[C@@H]2C(=O)[O-])c1. The number of carbonyl (C=O) groups excluding carboxylic acids is 3. The molecular formula is C16H15NO5-2. The molecule has 2 fully saturated rings. The Kier molecular flexibility index (Phi) is 3.60. The molecule has 0 aromatic heterocycles. The van der Waals surface area contributed by atoms with Gasteiger partial charge in [0.2, 0.25) is 5.91 Å². The Morgan fingerprint density at radius 1 is 1.05 bits per heavy atom. The summed E-state index contributed by atoms with van der Waals surface area (Å²) in [5.41, 5.74) is 0.286. The Hall–Kier alpha value is -2.37. The molecule has 116 valence electrons. The largest absolute Gasteiger partial charge is 0.550 e. The number of fused-ring (bicyclic) bond motifs is 2. The lowest BCUT2D eigenvalue weighted by Gasteiger charge is -2.30. The van der Waals surface area contributed by atoms with Gasteiger partial charge in [0.05, 0.1) is 5.97 Å².